The van der Waals surface area contributed by atoms with Crippen molar-refractivity contribution in [2.24, 2.45) is 5.73 Å². The van der Waals surface area contributed by atoms with Crippen molar-refractivity contribution in [3.63, 3.8) is 0 Å². The summed E-state index contributed by atoms with van der Waals surface area (Å²) in [5.74, 6) is 0. The lowest BCUT2D eigenvalue weighted by Gasteiger charge is -2.29. The van der Waals surface area contributed by atoms with Gasteiger partial charge in [0, 0.05) is 32.3 Å². The van der Waals surface area contributed by atoms with Crippen LogP contribution in [0.1, 0.15) is 33.1 Å². The number of hydrogen-bond acceptors (Lipinski definition) is 3. The SMILES string of the molecule is CCC(CC)N(CCN)CCCO. The lowest BCUT2D eigenvalue weighted by Crippen LogP contribution is -2.39. The standard InChI is InChI=1S/C10H24N2O/c1-3-10(4-2)12(8-6-11)7-5-9-13/h10,13H,3-9,11H2,1-2H3. The summed E-state index contributed by atoms with van der Waals surface area (Å²) in [5, 5.41) is 8.75. The molecule has 0 aliphatic rings. The predicted octanol–water partition coefficient (Wildman–Crippen LogP) is 0.818. The Balaban J connectivity index is 3.88. The second-order valence-corrected chi connectivity index (χ2v) is 3.37. The smallest absolute Gasteiger partial charge is 0.0443 e. The molecule has 0 aliphatic heterocycles. The maximum absolute atomic E-state index is 8.75. The van der Waals surface area contributed by atoms with E-state index in [0.717, 1.165) is 19.5 Å². The zero-order valence-corrected chi connectivity index (χ0v) is 9.00. The van der Waals surface area contributed by atoms with Crippen LogP contribution in [0.2, 0.25) is 0 Å². The first kappa shape index (κ1) is 12.9. The fourth-order valence-electron chi connectivity index (χ4n) is 1.72. The number of rotatable bonds is 8. The lowest BCUT2D eigenvalue weighted by atomic mass is 10.1. The molecule has 0 aromatic rings. The van der Waals surface area contributed by atoms with Gasteiger partial charge in [0.1, 0.15) is 0 Å². The summed E-state index contributed by atoms with van der Waals surface area (Å²) < 4.78 is 0. The second kappa shape index (κ2) is 8.48. The minimum absolute atomic E-state index is 0.279. The van der Waals surface area contributed by atoms with Crippen molar-refractivity contribution < 1.29 is 5.11 Å². The Morgan fingerprint density at radius 3 is 2.23 bits per heavy atom. The monoisotopic (exact) mass is 188 g/mol. The number of aliphatic hydroxyl groups is 1. The van der Waals surface area contributed by atoms with E-state index >= 15 is 0 Å². The molecule has 0 rings (SSSR count). The van der Waals surface area contributed by atoms with E-state index < -0.39 is 0 Å². The molecule has 0 amide bonds. The van der Waals surface area contributed by atoms with Crippen LogP contribution in [0, 0.1) is 0 Å². The van der Waals surface area contributed by atoms with Crippen molar-refractivity contribution >= 4 is 0 Å². The Labute approximate surface area is 81.9 Å². The van der Waals surface area contributed by atoms with Gasteiger partial charge in [0.15, 0.2) is 0 Å². The van der Waals surface area contributed by atoms with Crippen molar-refractivity contribution in [3.8, 4) is 0 Å². The van der Waals surface area contributed by atoms with Crippen LogP contribution in [0.15, 0.2) is 0 Å². The molecule has 0 bridgehead atoms. The van der Waals surface area contributed by atoms with Gasteiger partial charge in [-0.25, -0.2) is 0 Å². The maximum atomic E-state index is 8.75. The molecule has 0 fully saturated rings. The minimum Gasteiger partial charge on any atom is -0.396 e. The first-order chi connectivity index (χ1) is 6.29. The normalized spacial score (nSPS) is 11.5. The topological polar surface area (TPSA) is 49.5 Å². The van der Waals surface area contributed by atoms with Gasteiger partial charge in [-0.2, -0.15) is 0 Å². The maximum Gasteiger partial charge on any atom is 0.0443 e. The van der Waals surface area contributed by atoms with Crippen LogP contribution >= 0.6 is 0 Å². The summed E-state index contributed by atoms with van der Waals surface area (Å²) in [6.07, 6.45) is 3.19. The number of nitrogens with zero attached hydrogens (tertiary/aromatic N) is 1. The molecule has 3 N–H and O–H groups in total. The Hall–Kier alpha value is -0.120. The van der Waals surface area contributed by atoms with Gasteiger partial charge in [0.2, 0.25) is 0 Å². The predicted molar refractivity (Wildman–Crippen MR) is 56.7 cm³/mol. The highest BCUT2D eigenvalue weighted by atomic mass is 16.3. The van der Waals surface area contributed by atoms with E-state index in [4.69, 9.17) is 10.8 Å². The van der Waals surface area contributed by atoms with E-state index in [2.05, 4.69) is 18.7 Å². The van der Waals surface area contributed by atoms with Gasteiger partial charge in [0.05, 0.1) is 0 Å². The zero-order valence-electron chi connectivity index (χ0n) is 9.00. The molecule has 13 heavy (non-hydrogen) atoms. The molecular formula is C10H24N2O. The van der Waals surface area contributed by atoms with Crippen molar-refractivity contribution in [1.82, 2.24) is 4.90 Å². The third kappa shape index (κ3) is 5.24. The molecule has 0 saturated heterocycles. The number of nitrogens with two attached hydrogens (primary N) is 1. The first-order valence-corrected chi connectivity index (χ1v) is 5.35. The molecule has 80 valence electrons. The summed E-state index contributed by atoms with van der Waals surface area (Å²) in [4.78, 5) is 2.39. The van der Waals surface area contributed by atoms with Crippen LogP contribution in [0.25, 0.3) is 0 Å². The fraction of sp³-hybridized carbons (Fsp3) is 1.00. The molecule has 0 aromatic heterocycles. The van der Waals surface area contributed by atoms with Crippen molar-refractivity contribution in [1.29, 1.82) is 0 Å². The Bertz CT molecular complexity index is 105. The van der Waals surface area contributed by atoms with Gasteiger partial charge in [-0.3, -0.25) is 4.90 Å². The molecule has 3 nitrogen and oxygen atoms in total. The van der Waals surface area contributed by atoms with Crippen molar-refractivity contribution in [3.05, 3.63) is 0 Å². The second-order valence-electron chi connectivity index (χ2n) is 3.37. The van der Waals surface area contributed by atoms with Crippen LogP contribution < -0.4 is 5.73 Å². The first-order valence-electron chi connectivity index (χ1n) is 5.35. The Morgan fingerprint density at radius 1 is 1.23 bits per heavy atom. The van der Waals surface area contributed by atoms with E-state index in [1.165, 1.54) is 12.8 Å². The summed E-state index contributed by atoms with van der Waals surface area (Å²) in [5.41, 5.74) is 5.54. The molecular weight excluding hydrogens is 164 g/mol. The summed E-state index contributed by atoms with van der Waals surface area (Å²) in [6.45, 7) is 7.32. The van der Waals surface area contributed by atoms with E-state index in [1.807, 2.05) is 0 Å². The molecule has 0 radical (unpaired) electrons. The van der Waals surface area contributed by atoms with E-state index in [0.29, 0.717) is 12.6 Å². The number of aliphatic hydroxyl groups excluding tert-OH is 1. The van der Waals surface area contributed by atoms with Gasteiger partial charge in [-0.05, 0) is 19.3 Å². The Kier molecular flexibility index (Phi) is 8.40. The average molecular weight is 188 g/mol. The molecule has 0 heterocycles. The van der Waals surface area contributed by atoms with Crippen LogP contribution in [0.3, 0.4) is 0 Å². The van der Waals surface area contributed by atoms with Crippen molar-refractivity contribution in [2.75, 3.05) is 26.2 Å². The summed E-state index contributed by atoms with van der Waals surface area (Å²) in [6, 6.07) is 0.634. The van der Waals surface area contributed by atoms with E-state index in [-0.39, 0.29) is 6.61 Å². The molecule has 0 unspecified atom stereocenters. The minimum atomic E-state index is 0.279. The van der Waals surface area contributed by atoms with Gasteiger partial charge in [0.25, 0.3) is 0 Å². The lowest BCUT2D eigenvalue weighted by molar-refractivity contribution is 0.169. The van der Waals surface area contributed by atoms with Crippen LogP contribution in [-0.2, 0) is 0 Å². The highest BCUT2D eigenvalue weighted by Gasteiger charge is 2.12. The molecule has 0 aliphatic carbocycles. The molecule has 0 atom stereocenters. The highest BCUT2D eigenvalue weighted by Crippen LogP contribution is 2.08. The third-order valence-corrected chi connectivity index (χ3v) is 2.48. The summed E-state index contributed by atoms with van der Waals surface area (Å²) >= 11 is 0. The largest absolute Gasteiger partial charge is 0.396 e. The van der Waals surface area contributed by atoms with E-state index in [1.54, 1.807) is 0 Å². The molecule has 0 saturated carbocycles. The van der Waals surface area contributed by atoms with Crippen molar-refractivity contribution in [2.45, 2.75) is 39.2 Å². The number of hydrogen-bond donors (Lipinski definition) is 2. The molecule has 0 spiro atoms. The van der Waals surface area contributed by atoms with Crippen LogP contribution in [0.4, 0.5) is 0 Å². The average Bonchev–Trinajstić information content (AvgIpc) is 2.16. The Morgan fingerprint density at radius 2 is 1.85 bits per heavy atom. The molecule has 0 aromatic carbocycles. The van der Waals surface area contributed by atoms with E-state index in [9.17, 15) is 0 Å². The van der Waals surface area contributed by atoms with Crippen LogP contribution in [-0.4, -0.2) is 42.3 Å². The fourth-order valence-corrected chi connectivity index (χ4v) is 1.72. The van der Waals surface area contributed by atoms with Gasteiger partial charge < -0.3 is 10.8 Å². The van der Waals surface area contributed by atoms with Gasteiger partial charge in [-0.15, -0.1) is 0 Å². The zero-order chi connectivity index (χ0) is 10.1. The highest BCUT2D eigenvalue weighted by molar-refractivity contribution is 4.69. The van der Waals surface area contributed by atoms with Gasteiger partial charge >= 0.3 is 0 Å². The molecule has 3 heteroatoms. The third-order valence-electron chi connectivity index (χ3n) is 2.48. The van der Waals surface area contributed by atoms with Gasteiger partial charge in [-0.1, -0.05) is 13.8 Å². The van der Waals surface area contributed by atoms with Crippen LogP contribution in [0.5, 0.6) is 0 Å². The summed E-state index contributed by atoms with van der Waals surface area (Å²) in [7, 11) is 0. The quantitative estimate of drug-likeness (QED) is 0.593.